The van der Waals surface area contributed by atoms with Crippen LogP contribution in [0, 0.1) is 10.8 Å². The number of hydrogen-bond donors (Lipinski definition) is 0. The fourth-order valence-electron chi connectivity index (χ4n) is 2.92. The third-order valence-electron chi connectivity index (χ3n) is 4.67. The summed E-state index contributed by atoms with van der Waals surface area (Å²) in [6.07, 6.45) is 9.83. The second-order valence-electron chi connectivity index (χ2n) is 8.04. The van der Waals surface area contributed by atoms with E-state index in [0.29, 0.717) is 0 Å². The van der Waals surface area contributed by atoms with Gasteiger partial charge in [0.05, 0.1) is 7.11 Å². The molecule has 0 radical (unpaired) electrons. The number of rotatable bonds is 9. The summed E-state index contributed by atoms with van der Waals surface area (Å²) in [7, 11) is 1.27. The van der Waals surface area contributed by atoms with Gasteiger partial charge in [0.1, 0.15) is 0 Å². The van der Waals surface area contributed by atoms with Crippen molar-refractivity contribution in [1.82, 2.24) is 0 Å². The first-order chi connectivity index (χ1) is 12.5. The Bertz CT molecular complexity index is 592. The third kappa shape index (κ3) is 6.52. The van der Waals surface area contributed by atoms with Gasteiger partial charge in [-0.2, -0.15) is 0 Å². The van der Waals surface area contributed by atoms with E-state index < -0.39 is 29.1 Å². The lowest BCUT2D eigenvalue weighted by Crippen LogP contribution is -2.54. The Balaban J connectivity index is 2.99. The molecule has 0 aromatic carbocycles. The third-order valence-corrected chi connectivity index (χ3v) is 4.67. The van der Waals surface area contributed by atoms with Crippen molar-refractivity contribution in [1.29, 1.82) is 0 Å². The molecule has 0 aromatic heterocycles. The Labute approximate surface area is 161 Å². The van der Waals surface area contributed by atoms with E-state index in [-0.39, 0.29) is 24.7 Å². The molecule has 0 atom stereocenters. The van der Waals surface area contributed by atoms with E-state index in [4.69, 9.17) is 9.47 Å². The maximum Gasteiger partial charge on any atom is 0.327 e. The van der Waals surface area contributed by atoms with E-state index in [1.54, 1.807) is 0 Å². The zero-order valence-electron chi connectivity index (χ0n) is 17.3. The first-order valence-corrected chi connectivity index (χ1v) is 9.30. The molecule has 1 saturated heterocycles. The minimum atomic E-state index is -1.53. The summed E-state index contributed by atoms with van der Waals surface area (Å²) in [6, 6.07) is 0. The molecule has 152 valence electrons. The normalized spacial score (nSPS) is 19.2. The number of cyclic esters (lactones) is 2. The van der Waals surface area contributed by atoms with Crippen molar-refractivity contribution in [2.75, 3.05) is 7.11 Å². The minimum absolute atomic E-state index is 0.0171. The second-order valence-corrected chi connectivity index (χ2v) is 8.04. The molecule has 27 heavy (non-hydrogen) atoms. The van der Waals surface area contributed by atoms with Crippen molar-refractivity contribution < 1.29 is 28.6 Å². The largest absolute Gasteiger partial charge is 0.469 e. The van der Waals surface area contributed by atoms with Crippen LogP contribution in [0.4, 0.5) is 0 Å². The molecule has 1 aliphatic heterocycles. The van der Waals surface area contributed by atoms with Crippen LogP contribution < -0.4 is 0 Å². The van der Waals surface area contributed by atoms with Crippen molar-refractivity contribution in [2.45, 2.75) is 72.5 Å². The molecule has 6 heteroatoms. The average Bonchev–Trinajstić information content (AvgIpc) is 2.55. The molecule has 0 saturated carbocycles. The van der Waals surface area contributed by atoms with Gasteiger partial charge in [-0.1, -0.05) is 38.2 Å². The van der Waals surface area contributed by atoms with Crippen LogP contribution in [-0.2, 0) is 28.6 Å². The number of carbonyl (C=O) groups excluding carboxylic acids is 3. The molecular formula is C21H32O6. The highest BCUT2D eigenvalue weighted by atomic mass is 16.7. The van der Waals surface area contributed by atoms with E-state index in [0.717, 1.165) is 12.8 Å². The van der Waals surface area contributed by atoms with Gasteiger partial charge in [0.25, 0.3) is 5.79 Å². The summed E-state index contributed by atoms with van der Waals surface area (Å²) < 4.78 is 15.3. The number of hydrogen-bond acceptors (Lipinski definition) is 6. The molecule has 1 rings (SSSR count). The van der Waals surface area contributed by atoms with Crippen LogP contribution in [0.1, 0.15) is 66.7 Å². The van der Waals surface area contributed by atoms with Crippen LogP contribution in [0.5, 0.6) is 0 Å². The lowest BCUT2D eigenvalue weighted by atomic mass is 9.77. The molecule has 0 N–H and O–H groups in total. The number of esters is 3. The Morgan fingerprint density at radius 1 is 1.15 bits per heavy atom. The summed E-state index contributed by atoms with van der Waals surface area (Å²) in [5.41, 5.74) is -1.62. The summed E-state index contributed by atoms with van der Waals surface area (Å²) in [6.45, 7) is 9.18. The van der Waals surface area contributed by atoms with Crippen molar-refractivity contribution in [3.63, 3.8) is 0 Å². The fourth-order valence-corrected chi connectivity index (χ4v) is 2.92. The Morgan fingerprint density at radius 3 is 2.26 bits per heavy atom. The number of ether oxygens (including phenoxy) is 3. The Kier molecular flexibility index (Phi) is 7.81. The van der Waals surface area contributed by atoms with Crippen LogP contribution in [0.3, 0.4) is 0 Å². The van der Waals surface area contributed by atoms with Crippen LogP contribution in [0.15, 0.2) is 24.3 Å². The zero-order chi connectivity index (χ0) is 20.7. The maximum absolute atomic E-state index is 12.7. The average molecular weight is 380 g/mol. The van der Waals surface area contributed by atoms with Gasteiger partial charge in [-0.25, -0.2) is 0 Å². The molecule has 0 amide bonds. The Hall–Kier alpha value is -2.11. The van der Waals surface area contributed by atoms with Gasteiger partial charge in [-0.05, 0) is 38.0 Å². The summed E-state index contributed by atoms with van der Waals surface area (Å²) >= 11 is 0. The van der Waals surface area contributed by atoms with Crippen LogP contribution in [-0.4, -0.2) is 30.8 Å². The smallest absolute Gasteiger partial charge is 0.327 e. The maximum atomic E-state index is 12.7. The lowest BCUT2D eigenvalue weighted by Gasteiger charge is -2.39. The first-order valence-electron chi connectivity index (χ1n) is 9.30. The molecule has 0 aromatic rings. The molecular weight excluding hydrogens is 348 g/mol. The summed E-state index contributed by atoms with van der Waals surface area (Å²) in [4.78, 5) is 36.9. The van der Waals surface area contributed by atoms with Gasteiger partial charge in [-0.3, -0.25) is 14.4 Å². The summed E-state index contributed by atoms with van der Waals surface area (Å²) in [5.74, 6) is -3.12. The molecule has 6 nitrogen and oxygen atoms in total. The van der Waals surface area contributed by atoms with Gasteiger partial charge < -0.3 is 14.2 Å². The second kappa shape index (κ2) is 9.20. The highest BCUT2D eigenvalue weighted by molar-refractivity contribution is 6.02. The molecule has 0 bridgehead atoms. The highest BCUT2D eigenvalue weighted by Gasteiger charge is 2.55. The van der Waals surface area contributed by atoms with Gasteiger partial charge in [0, 0.05) is 20.3 Å². The van der Waals surface area contributed by atoms with Crippen molar-refractivity contribution in [3.8, 4) is 0 Å². The quantitative estimate of drug-likeness (QED) is 0.340. The minimum Gasteiger partial charge on any atom is -0.469 e. The zero-order valence-corrected chi connectivity index (χ0v) is 17.3. The van der Waals surface area contributed by atoms with Crippen molar-refractivity contribution >= 4 is 17.9 Å². The molecule has 0 unspecified atom stereocenters. The van der Waals surface area contributed by atoms with E-state index in [1.807, 2.05) is 25.2 Å². The van der Waals surface area contributed by atoms with Gasteiger partial charge in [0.15, 0.2) is 5.41 Å². The van der Waals surface area contributed by atoms with Crippen molar-refractivity contribution in [3.05, 3.63) is 24.3 Å². The molecule has 1 heterocycles. The molecule has 1 fully saturated rings. The summed E-state index contributed by atoms with van der Waals surface area (Å²) in [5, 5.41) is 0. The monoisotopic (exact) mass is 380 g/mol. The van der Waals surface area contributed by atoms with Gasteiger partial charge in [0.2, 0.25) is 0 Å². The van der Waals surface area contributed by atoms with E-state index in [1.165, 1.54) is 21.0 Å². The fraction of sp³-hybridized carbons (Fsp3) is 0.667. The predicted octanol–water partition coefficient (Wildman–Crippen LogP) is 4.09. The predicted molar refractivity (Wildman–Crippen MR) is 102 cm³/mol. The SMILES string of the molecule is C/C=C/CCC(C)(C)/C=C/CC1(CCC(=O)OC)C(=O)OC(C)(C)OC1=O. The number of carbonyl (C=O) groups is 3. The van der Waals surface area contributed by atoms with Gasteiger partial charge in [-0.15, -0.1) is 0 Å². The van der Waals surface area contributed by atoms with E-state index in [2.05, 4.69) is 24.7 Å². The first kappa shape index (κ1) is 22.9. The molecule has 0 spiro atoms. The molecule has 1 aliphatic rings. The molecule has 0 aliphatic carbocycles. The van der Waals surface area contributed by atoms with E-state index in [9.17, 15) is 14.4 Å². The van der Waals surface area contributed by atoms with Crippen LogP contribution >= 0.6 is 0 Å². The Morgan fingerprint density at radius 2 is 1.74 bits per heavy atom. The van der Waals surface area contributed by atoms with Gasteiger partial charge >= 0.3 is 17.9 Å². The standard InChI is InChI=1S/C21H32O6/c1-7-8-9-12-19(2,3)13-10-14-21(15-11-16(22)25-6)17(23)26-20(4,5)27-18(21)24/h7-8,10,13H,9,11-12,14-15H2,1-6H3/b8-7+,13-10+. The number of methoxy groups -OCH3 is 1. The van der Waals surface area contributed by atoms with Crippen molar-refractivity contribution in [2.24, 2.45) is 10.8 Å². The topological polar surface area (TPSA) is 78.9 Å². The van der Waals surface area contributed by atoms with E-state index >= 15 is 0 Å². The highest BCUT2D eigenvalue weighted by Crippen LogP contribution is 2.40. The lowest BCUT2D eigenvalue weighted by molar-refractivity contribution is -0.251. The van der Waals surface area contributed by atoms with Crippen LogP contribution in [0.2, 0.25) is 0 Å². The van der Waals surface area contributed by atoms with Crippen LogP contribution in [0.25, 0.3) is 0 Å². The number of allylic oxidation sites excluding steroid dienone is 4.